The number of hydrogen-bond acceptors (Lipinski definition) is 4. The van der Waals surface area contributed by atoms with Crippen molar-refractivity contribution < 1.29 is 9.59 Å². The first-order valence-electron chi connectivity index (χ1n) is 6.49. The molecule has 0 bridgehead atoms. The molecule has 2 saturated carbocycles. The first-order valence-corrected chi connectivity index (χ1v) is 6.49. The number of hydrogen-bond donors (Lipinski definition) is 0. The van der Waals surface area contributed by atoms with E-state index in [0.717, 1.165) is 24.7 Å². The van der Waals surface area contributed by atoms with Gasteiger partial charge in [-0.05, 0) is 31.1 Å². The van der Waals surface area contributed by atoms with Gasteiger partial charge in [0, 0.05) is 5.92 Å². The molecule has 0 aliphatic heterocycles. The van der Waals surface area contributed by atoms with Crippen LogP contribution in [0.3, 0.4) is 0 Å². The molecule has 2 fully saturated rings. The van der Waals surface area contributed by atoms with Crippen molar-refractivity contribution in [1.82, 2.24) is 0 Å². The lowest BCUT2D eigenvalue weighted by Crippen LogP contribution is -2.15. The Morgan fingerprint density at radius 2 is 1.53 bits per heavy atom. The number of rotatable bonds is 4. The minimum Gasteiger partial charge on any atom is -0.211 e. The van der Waals surface area contributed by atoms with Crippen LogP contribution in [0, 0.1) is 17.8 Å². The van der Waals surface area contributed by atoms with Crippen molar-refractivity contribution in [2.24, 2.45) is 27.7 Å². The Kier molecular flexibility index (Phi) is 4.24. The summed E-state index contributed by atoms with van der Waals surface area (Å²) in [5.41, 5.74) is 0. The highest BCUT2D eigenvalue weighted by Crippen LogP contribution is 2.44. The van der Waals surface area contributed by atoms with Crippen LogP contribution in [0.1, 0.15) is 44.9 Å². The van der Waals surface area contributed by atoms with E-state index in [9.17, 15) is 9.59 Å². The van der Waals surface area contributed by atoms with Gasteiger partial charge in [-0.1, -0.05) is 25.7 Å². The Morgan fingerprint density at radius 1 is 0.882 bits per heavy atom. The van der Waals surface area contributed by atoms with E-state index < -0.39 is 6.17 Å². The number of nitrogens with zero attached hydrogens (tertiary/aromatic N) is 2. The van der Waals surface area contributed by atoms with Gasteiger partial charge in [-0.15, -0.1) is 0 Å². The van der Waals surface area contributed by atoms with Gasteiger partial charge >= 0.3 is 0 Å². The normalized spacial score (nSPS) is 30.6. The molecule has 0 heterocycles. The molecule has 0 saturated heterocycles. The van der Waals surface area contributed by atoms with Gasteiger partial charge in [-0.3, -0.25) is 0 Å². The third-order valence-corrected chi connectivity index (χ3v) is 4.37. The zero-order valence-corrected chi connectivity index (χ0v) is 9.97. The first-order chi connectivity index (χ1) is 8.35. The molecule has 2 unspecified atom stereocenters. The van der Waals surface area contributed by atoms with Crippen molar-refractivity contribution in [3.05, 3.63) is 0 Å². The maximum atomic E-state index is 10.3. The lowest BCUT2D eigenvalue weighted by Gasteiger charge is -2.18. The van der Waals surface area contributed by atoms with Crippen LogP contribution in [0.15, 0.2) is 9.98 Å². The molecule has 2 atom stereocenters. The van der Waals surface area contributed by atoms with Crippen molar-refractivity contribution in [2.75, 3.05) is 0 Å². The van der Waals surface area contributed by atoms with Gasteiger partial charge in [0.2, 0.25) is 12.2 Å². The maximum absolute atomic E-state index is 10.3. The maximum Gasteiger partial charge on any atom is 0.237 e. The van der Waals surface area contributed by atoms with Crippen molar-refractivity contribution in [1.29, 1.82) is 0 Å². The molecule has 2 rings (SSSR count). The fraction of sp³-hybridized carbons (Fsp3) is 0.846. The van der Waals surface area contributed by atoms with Crippen LogP contribution in [-0.4, -0.2) is 18.3 Å². The van der Waals surface area contributed by atoms with Crippen LogP contribution in [0.25, 0.3) is 0 Å². The SMILES string of the molecule is O=C=NC(N=C=O)C1CCC(C2CCCC2)C1. The van der Waals surface area contributed by atoms with E-state index in [2.05, 4.69) is 9.98 Å². The molecule has 17 heavy (non-hydrogen) atoms. The molecule has 0 aromatic carbocycles. The van der Waals surface area contributed by atoms with E-state index in [4.69, 9.17) is 0 Å². The summed E-state index contributed by atoms with van der Waals surface area (Å²) in [6, 6.07) is 0. The van der Waals surface area contributed by atoms with E-state index in [1.165, 1.54) is 44.3 Å². The van der Waals surface area contributed by atoms with Gasteiger partial charge in [0.05, 0.1) is 0 Å². The van der Waals surface area contributed by atoms with E-state index in [-0.39, 0.29) is 5.92 Å². The van der Waals surface area contributed by atoms with Crippen LogP contribution < -0.4 is 0 Å². The molecular weight excluding hydrogens is 216 g/mol. The Morgan fingerprint density at radius 3 is 2.12 bits per heavy atom. The second-order valence-corrected chi connectivity index (χ2v) is 5.23. The Labute approximate surface area is 101 Å². The summed E-state index contributed by atoms with van der Waals surface area (Å²) < 4.78 is 0. The average molecular weight is 234 g/mol. The fourth-order valence-corrected chi connectivity index (χ4v) is 3.53. The monoisotopic (exact) mass is 234 g/mol. The van der Waals surface area contributed by atoms with Gasteiger partial charge < -0.3 is 0 Å². The largest absolute Gasteiger partial charge is 0.237 e. The van der Waals surface area contributed by atoms with Gasteiger partial charge in [-0.25, -0.2) is 9.59 Å². The van der Waals surface area contributed by atoms with Gasteiger partial charge in [0.25, 0.3) is 0 Å². The molecular formula is C13H18N2O2. The van der Waals surface area contributed by atoms with Crippen LogP contribution >= 0.6 is 0 Å². The fourth-order valence-electron chi connectivity index (χ4n) is 3.53. The van der Waals surface area contributed by atoms with Crippen LogP contribution in [-0.2, 0) is 9.59 Å². The Bertz CT molecular complexity index is 332. The molecule has 92 valence electrons. The van der Waals surface area contributed by atoms with Gasteiger partial charge in [-0.2, -0.15) is 9.98 Å². The van der Waals surface area contributed by atoms with Crippen molar-refractivity contribution >= 4 is 12.2 Å². The van der Waals surface area contributed by atoms with E-state index in [1.807, 2.05) is 0 Å². The lowest BCUT2D eigenvalue weighted by molar-refractivity contribution is 0.324. The van der Waals surface area contributed by atoms with E-state index in [0.29, 0.717) is 0 Å². The van der Waals surface area contributed by atoms with Gasteiger partial charge in [0.1, 0.15) is 0 Å². The van der Waals surface area contributed by atoms with Crippen LogP contribution in [0.2, 0.25) is 0 Å². The van der Waals surface area contributed by atoms with E-state index in [1.54, 1.807) is 0 Å². The van der Waals surface area contributed by atoms with Crippen LogP contribution in [0.5, 0.6) is 0 Å². The third kappa shape index (κ3) is 2.91. The summed E-state index contributed by atoms with van der Waals surface area (Å²) in [6.07, 6.45) is 11.2. The number of isocyanates is 2. The zero-order chi connectivity index (χ0) is 12.1. The molecule has 0 spiro atoms. The quantitative estimate of drug-likeness (QED) is 0.554. The standard InChI is InChI=1S/C13H18N2O2/c16-8-14-13(15-9-17)12-6-5-11(7-12)10-3-1-2-4-10/h10-13H,1-7H2. The summed E-state index contributed by atoms with van der Waals surface area (Å²) in [5, 5.41) is 0. The predicted molar refractivity (Wildman–Crippen MR) is 62.8 cm³/mol. The van der Waals surface area contributed by atoms with Crippen molar-refractivity contribution in [2.45, 2.75) is 51.1 Å². The molecule has 2 aliphatic carbocycles. The topological polar surface area (TPSA) is 58.9 Å². The molecule has 0 aromatic heterocycles. The van der Waals surface area contributed by atoms with Crippen molar-refractivity contribution in [3.8, 4) is 0 Å². The minimum absolute atomic E-state index is 0.239. The molecule has 4 heteroatoms. The summed E-state index contributed by atoms with van der Waals surface area (Å²) in [4.78, 5) is 27.9. The highest BCUT2D eigenvalue weighted by molar-refractivity contribution is 5.37. The summed E-state index contributed by atoms with van der Waals surface area (Å²) in [7, 11) is 0. The van der Waals surface area contributed by atoms with Gasteiger partial charge in [0.15, 0.2) is 6.17 Å². The smallest absolute Gasteiger partial charge is 0.211 e. The predicted octanol–water partition coefficient (Wildman–Crippen LogP) is 2.59. The van der Waals surface area contributed by atoms with E-state index >= 15 is 0 Å². The first kappa shape index (κ1) is 12.2. The number of aliphatic imine (C=N–C) groups is 2. The molecule has 4 nitrogen and oxygen atoms in total. The lowest BCUT2D eigenvalue weighted by atomic mass is 9.88. The summed E-state index contributed by atoms with van der Waals surface area (Å²) >= 11 is 0. The molecule has 0 N–H and O–H groups in total. The summed E-state index contributed by atoms with van der Waals surface area (Å²) in [5.74, 6) is 1.83. The number of carbonyl (C=O) groups excluding carboxylic acids is 2. The highest BCUT2D eigenvalue weighted by atomic mass is 16.1. The van der Waals surface area contributed by atoms with Crippen molar-refractivity contribution in [3.63, 3.8) is 0 Å². The van der Waals surface area contributed by atoms with Crippen LogP contribution in [0.4, 0.5) is 0 Å². The third-order valence-electron chi connectivity index (χ3n) is 4.37. The molecule has 0 aromatic rings. The second-order valence-electron chi connectivity index (χ2n) is 5.23. The highest BCUT2D eigenvalue weighted by Gasteiger charge is 2.35. The average Bonchev–Trinajstić information content (AvgIpc) is 2.99. The second kappa shape index (κ2) is 5.90. The molecule has 2 aliphatic rings. The Balaban J connectivity index is 1.95. The minimum atomic E-state index is -0.531. The zero-order valence-electron chi connectivity index (χ0n) is 9.97. The molecule has 0 amide bonds. The Hall–Kier alpha value is -1.24. The molecule has 0 radical (unpaired) electrons. The summed E-state index contributed by atoms with van der Waals surface area (Å²) in [6.45, 7) is 0.